The molecule has 0 spiro atoms. The minimum absolute atomic E-state index is 0.194. The standard InChI is InChI=1S/C19H22N4O3/c1-3-26-17(24)14-22-18(25)23(16-12-8-5-9-13-16)21-19(2,20-22)15-10-6-4-7-11-15/h4-13,20-21H,3,14H2,1-2H3. The van der Waals surface area contributed by atoms with Crippen LogP contribution in [0.2, 0.25) is 0 Å². The first-order valence-electron chi connectivity index (χ1n) is 8.47. The highest BCUT2D eigenvalue weighted by Crippen LogP contribution is 2.25. The number of anilines is 1. The van der Waals surface area contributed by atoms with E-state index < -0.39 is 17.7 Å². The molecule has 1 atom stereocenters. The van der Waals surface area contributed by atoms with E-state index in [0.717, 1.165) is 5.56 Å². The largest absolute Gasteiger partial charge is 0.465 e. The number of para-hydroxylation sites is 1. The summed E-state index contributed by atoms with van der Waals surface area (Å²) in [6.45, 7) is 3.70. The summed E-state index contributed by atoms with van der Waals surface area (Å²) in [7, 11) is 0. The number of carbonyl (C=O) groups excluding carboxylic acids is 2. The zero-order valence-corrected chi connectivity index (χ0v) is 14.8. The zero-order valence-electron chi connectivity index (χ0n) is 14.8. The van der Waals surface area contributed by atoms with E-state index in [1.165, 1.54) is 10.0 Å². The molecule has 2 aromatic rings. The van der Waals surface area contributed by atoms with Crippen molar-refractivity contribution < 1.29 is 14.3 Å². The predicted octanol–water partition coefficient (Wildman–Crippen LogP) is 2.37. The van der Waals surface area contributed by atoms with Gasteiger partial charge in [-0.25, -0.2) is 20.2 Å². The van der Waals surface area contributed by atoms with Crippen molar-refractivity contribution in [1.82, 2.24) is 15.9 Å². The number of hydrazine groups is 2. The quantitative estimate of drug-likeness (QED) is 0.807. The van der Waals surface area contributed by atoms with Gasteiger partial charge in [0.15, 0.2) is 0 Å². The summed E-state index contributed by atoms with van der Waals surface area (Å²) in [6.07, 6.45) is 0. The van der Waals surface area contributed by atoms with Gasteiger partial charge in [-0.15, -0.1) is 0 Å². The molecule has 2 aromatic carbocycles. The lowest BCUT2D eigenvalue weighted by molar-refractivity contribution is -0.145. The summed E-state index contributed by atoms with van der Waals surface area (Å²) >= 11 is 0. The van der Waals surface area contributed by atoms with Crippen LogP contribution in [0.4, 0.5) is 10.5 Å². The maximum atomic E-state index is 12.9. The molecule has 0 radical (unpaired) electrons. The molecular weight excluding hydrogens is 332 g/mol. The van der Waals surface area contributed by atoms with Gasteiger partial charge in [0.1, 0.15) is 12.2 Å². The van der Waals surface area contributed by atoms with Gasteiger partial charge in [-0.3, -0.25) is 4.79 Å². The monoisotopic (exact) mass is 354 g/mol. The fourth-order valence-corrected chi connectivity index (χ4v) is 2.83. The second kappa shape index (κ2) is 7.55. The first-order chi connectivity index (χ1) is 12.5. The fourth-order valence-electron chi connectivity index (χ4n) is 2.83. The summed E-state index contributed by atoms with van der Waals surface area (Å²) in [5.74, 6) is -0.473. The van der Waals surface area contributed by atoms with Crippen LogP contribution in [0.1, 0.15) is 19.4 Å². The van der Waals surface area contributed by atoms with Crippen LogP contribution in [-0.2, 0) is 15.2 Å². The molecule has 0 aliphatic carbocycles. The van der Waals surface area contributed by atoms with Crippen molar-refractivity contribution >= 4 is 17.7 Å². The maximum absolute atomic E-state index is 12.9. The van der Waals surface area contributed by atoms with Crippen LogP contribution in [0.25, 0.3) is 0 Å². The Morgan fingerprint density at radius 2 is 1.65 bits per heavy atom. The molecule has 136 valence electrons. The molecule has 1 unspecified atom stereocenters. The van der Waals surface area contributed by atoms with Gasteiger partial charge < -0.3 is 4.74 Å². The van der Waals surface area contributed by atoms with E-state index in [9.17, 15) is 9.59 Å². The molecule has 3 rings (SSSR count). The fraction of sp³-hybridized carbons (Fsp3) is 0.263. The Balaban J connectivity index is 1.95. The number of hydrogen-bond acceptors (Lipinski definition) is 5. The summed E-state index contributed by atoms with van der Waals surface area (Å²) < 4.78 is 5.00. The second-order valence-electron chi connectivity index (χ2n) is 6.06. The highest BCUT2D eigenvalue weighted by atomic mass is 16.5. The first-order valence-corrected chi connectivity index (χ1v) is 8.47. The third kappa shape index (κ3) is 3.68. The molecule has 26 heavy (non-hydrogen) atoms. The minimum Gasteiger partial charge on any atom is -0.465 e. The van der Waals surface area contributed by atoms with Crippen molar-refractivity contribution in [3.63, 3.8) is 0 Å². The lowest BCUT2D eigenvalue weighted by atomic mass is 10.0. The van der Waals surface area contributed by atoms with Gasteiger partial charge in [-0.2, -0.15) is 5.43 Å². The topological polar surface area (TPSA) is 73.9 Å². The average Bonchev–Trinajstić information content (AvgIpc) is 2.66. The molecule has 1 saturated heterocycles. The van der Waals surface area contributed by atoms with Gasteiger partial charge in [-0.05, 0) is 31.5 Å². The van der Waals surface area contributed by atoms with E-state index in [1.807, 2.05) is 67.6 Å². The lowest BCUT2D eigenvalue weighted by Crippen LogP contribution is -2.73. The SMILES string of the molecule is CCOC(=O)CN1NC(C)(c2ccccc2)NN(c2ccccc2)C1=O. The molecular formula is C19H22N4O3. The molecule has 0 bridgehead atoms. The highest BCUT2D eigenvalue weighted by molar-refractivity contribution is 5.93. The Morgan fingerprint density at radius 1 is 1.04 bits per heavy atom. The van der Waals surface area contributed by atoms with Gasteiger partial charge in [0.05, 0.1) is 12.3 Å². The van der Waals surface area contributed by atoms with E-state index in [0.29, 0.717) is 5.69 Å². The van der Waals surface area contributed by atoms with Gasteiger partial charge in [0, 0.05) is 0 Å². The molecule has 0 aromatic heterocycles. The molecule has 2 amide bonds. The summed E-state index contributed by atoms with van der Waals surface area (Å²) in [5, 5.41) is 2.71. The van der Waals surface area contributed by atoms with E-state index in [-0.39, 0.29) is 13.2 Å². The molecule has 1 aliphatic rings. The van der Waals surface area contributed by atoms with Gasteiger partial charge >= 0.3 is 12.0 Å². The molecule has 1 heterocycles. The molecule has 1 fully saturated rings. The number of nitrogens with one attached hydrogen (secondary N) is 2. The van der Waals surface area contributed by atoms with Crippen LogP contribution in [0.3, 0.4) is 0 Å². The van der Waals surface area contributed by atoms with Crippen LogP contribution in [0.5, 0.6) is 0 Å². The zero-order chi connectivity index (χ0) is 18.6. The number of esters is 1. The first kappa shape index (κ1) is 17.9. The maximum Gasteiger partial charge on any atom is 0.354 e. The van der Waals surface area contributed by atoms with Crippen molar-refractivity contribution in [3.8, 4) is 0 Å². The third-order valence-electron chi connectivity index (χ3n) is 4.07. The van der Waals surface area contributed by atoms with Crippen molar-refractivity contribution in [3.05, 3.63) is 66.2 Å². The third-order valence-corrected chi connectivity index (χ3v) is 4.07. The highest BCUT2D eigenvalue weighted by Gasteiger charge is 2.41. The summed E-state index contributed by atoms with van der Waals surface area (Å²) in [5.41, 5.74) is 7.14. The van der Waals surface area contributed by atoms with Crippen LogP contribution >= 0.6 is 0 Å². The number of carbonyl (C=O) groups is 2. The predicted molar refractivity (Wildman–Crippen MR) is 97.7 cm³/mol. The van der Waals surface area contributed by atoms with Crippen LogP contribution in [0.15, 0.2) is 60.7 Å². The lowest BCUT2D eigenvalue weighted by Gasteiger charge is -2.47. The normalized spacial score (nSPS) is 20.2. The molecule has 7 heteroatoms. The van der Waals surface area contributed by atoms with Crippen LogP contribution in [-0.4, -0.2) is 30.2 Å². The van der Waals surface area contributed by atoms with Crippen molar-refractivity contribution in [2.45, 2.75) is 19.5 Å². The minimum atomic E-state index is -0.794. The van der Waals surface area contributed by atoms with E-state index in [1.54, 1.807) is 6.92 Å². The smallest absolute Gasteiger partial charge is 0.354 e. The van der Waals surface area contributed by atoms with Gasteiger partial charge in [0.25, 0.3) is 0 Å². The molecule has 7 nitrogen and oxygen atoms in total. The number of hydrogen-bond donors (Lipinski definition) is 2. The number of benzene rings is 2. The average molecular weight is 354 g/mol. The van der Waals surface area contributed by atoms with Crippen molar-refractivity contribution in [2.75, 3.05) is 18.2 Å². The van der Waals surface area contributed by atoms with Crippen molar-refractivity contribution in [1.29, 1.82) is 0 Å². The summed E-state index contributed by atoms with van der Waals surface area (Å²) in [4.78, 5) is 24.9. The van der Waals surface area contributed by atoms with Gasteiger partial charge in [0.2, 0.25) is 0 Å². The Labute approximate surface area is 152 Å². The second-order valence-corrected chi connectivity index (χ2v) is 6.06. The molecule has 2 N–H and O–H groups in total. The van der Waals surface area contributed by atoms with Gasteiger partial charge in [-0.1, -0.05) is 48.5 Å². The molecule has 0 saturated carbocycles. The van der Waals surface area contributed by atoms with E-state index >= 15 is 0 Å². The van der Waals surface area contributed by atoms with Crippen LogP contribution < -0.4 is 15.9 Å². The number of rotatable bonds is 5. The Hall–Kier alpha value is -2.90. The summed E-state index contributed by atoms with van der Waals surface area (Å²) in [6, 6.07) is 18.5. The number of ether oxygens (including phenoxy) is 1. The van der Waals surface area contributed by atoms with Crippen molar-refractivity contribution in [2.24, 2.45) is 0 Å². The van der Waals surface area contributed by atoms with Crippen LogP contribution in [0, 0.1) is 0 Å². The van der Waals surface area contributed by atoms with E-state index in [4.69, 9.17) is 4.74 Å². The van der Waals surface area contributed by atoms with E-state index in [2.05, 4.69) is 10.9 Å². The number of amides is 2. The number of urea groups is 1. The molecule has 1 aliphatic heterocycles. The Bertz CT molecular complexity index is 769. The number of nitrogens with zero attached hydrogens (tertiary/aromatic N) is 2. The Kier molecular flexibility index (Phi) is 5.20. The Morgan fingerprint density at radius 3 is 2.27 bits per heavy atom.